The normalized spacial score (nSPS) is 11.3. The molecule has 1 N–H and O–H groups in total. The van der Waals surface area contributed by atoms with E-state index in [-0.39, 0.29) is 16.1 Å². The van der Waals surface area contributed by atoms with Crippen molar-refractivity contribution in [3.63, 3.8) is 0 Å². The highest BCUT2D eigenvalue weighted by Crippen LogP contribution is 2.35. The number of anilines is 1. The molecule has 0 fully saturated rings. The lowest BCUT2D eigenvalue weighted by Gasteiger charge is -2.17. The smallest absolute Gasteiger partial charge is 0.277 e. The lowest BCUT2D eigenvalue weighted by Crippen LogP contribution is -2.16. The van der Waals surface area contributed by atoms with E-state index in [2.05, 4.69) is 10.3 Å². The zero-order valence-electron chi connectivity index (χ0n) is 17.7. The molecule has 0 saturated carbocycles. The molecular formula is C21H18Cl2N4O5S. The summed E-state index contributed by atoms with van der Waals surface area (Å²) < 4.78 is 0. The second-order valence-electron chi connectivity index (χ2n) is 8.16. The molecule has 0 saturated heterocycles. The third kappa shape index (κ3) is 5.84. The Morgan fingerprint density at radius 3 is 2.18 bits per heavy atom. The molecule has 3 rings (SSSR count). The SMILES string of the molecule is CC(C)(C)c1nc(NC(=O)c2cc([N+](=O)[O-])cc([N+](=O)[O-])c2)sc1Cc1ccc(Cl)cc1Cl. The lowest BCUT2D eigenvalue weighted by molar-refractivity contribution is -0.394. The first-order valence-corrected chi connectivity index (χ1v) is 11.1. The van der Waals surface area contributed by atoms with Gasteiger partial charge in [0.1, 0.15) is 0 Å². The predicted molar refractivity (Wildman–Crippen MR) is 128 cm³/mol. The van der Waals surface area contributed by atoms with E-state index in [9.17, 15) is 25.0 Å². The van der Waals surface area contributed by atoms with Gasteiger partial charge in [-0.15, -0.1) is 11.3 Å². The molecule has 0 unspecified atom stereocenters. The van der Waals surface area contributed by atoms with Crippen molar-refractivity contribution in [3.05, 3.63) is 88.4 Å². The fourth-order valence-corrected chi connectivity index (χ4v) is 4.72. The van der Waals surface area contributed by atoms with Gasteiger partial charge in [-0.2, -0.15) is 0 Å². The summed E-state index contributed by atoms with van der Waals surface area (Å²) >= 11 is 13.5. The maximum Gasteiger partial charge on any atom is 0.277 e. The summed E-state index contributed by atoms with van der Waals surface area (Å²) in [5.41, 5.74) is -0.0892. The van der Waals surface area contributed by atoms with E-state index in [1.165, 1.54) is 11.3 Å². The summed E-state index contributed by atoms with van der Waals surface area (Å²) in [6.07, 6.45) is 0.457. The van der Waals surface area contributed by atoms with Crippen LogP contribution >= 0.6 is 34.5 Å². The second kappa shape index (κ2) is 9.42. The number of hydrogen-bond acceptors (Lipinski definition) is 7. The Kier molecular flexibility index (Phi) is 7.01. The standard InChI is InChI=1S/C21H18Cl2N4O5S/c1-21(2,3)18-17(8-11-4-5-13(22)9-16(11)23)33-20(24-18)25-19(28)12-6-14(26(29)30)10-15(7-12)27(31)32/h4-7,9-10H,8H2,1-3H3,(H,24,25,28). The minimum absolute atomic E-state index is 0.217. The number of aromatic nitrogens is 1. The number of benzene rings is 2. The van der Waals surface area contributed by atoms with E-state index in [1.807, 2.05) is 26.8 Å². The van der Waals surface area contributed by atoms with Gasteiger partial charge in [-0.1, -0.05) is 50.0 Å². The molecule has 0 aliphatic rings. The highest BCUT2D eigenvalue weighted by atomic mass is 35.5. The number of thiazole rings is 1. The number of rotatable bonds is 6. The molecule has 0 aliphatic heterocycles. The van der Waals surface area contributed by atoms with E-state index in [4.69, 9.17) is 23.2 Å². The van der Waals surface area contributed by atoms with E-state index in [1.54, 1.807) is 12.1 Å². The Hall–Kier alpha value is -3.08. The van der Waals surface area contributed by atoms with Gasteiger partial charge in [0.25, 0.3) is 17.3 Å². The van der Waals surface area contributed by atoms with Crippen LogP contribution in [-0.4, -0.2) is 20.7 Å². The van der Waals surface area contributed by atoms with Gasteiger partial charge < -0.3 is 0 Å². The van der Waals surface area contributed by atoms with Crippen LogP contribution in [0.1, 0.15) is 47.3 Å². The molecule has 0 spiro atoms. The number of hydrogen-bond donors (Lipinski definition) is 1. The van der Waals surface area contributed by atoms with Crippen LogP contribution in [0.15, 0.2) is 36.4 Å². The summed E-state index contributed by atoms with van der Waals surface area (Å²) in [5.74, 6) is -0.743. The monoisotopic (exact) mass is 508 g/mol. The number of non-ortho nitro benzene ring substituents is 2. The van der Waals surface area contributed by atoms with Gasteiger partial charge in [-0.3, -0.25) is 30.3 Å². The molecular weight excluding hydrogens is 491 g/mol. The second-order valence-corrected chi connectivity index (χ2v) is 10.1. The number of halogens is 2. The topological polar surface area (TPSA) is 128 Å². The zero-order valence-corrected chi connectivity index (χ0v) is 20.0. The minimum Gasteiger partial charge on any atom is -0.298 e. The first-order chi connectivity index (χ1) is 15.3. The molecule has 2 aromatic carbocycles. The van der Waals surface area contributed by atoms with Crippen molar-refractivity contribution in [3.8, 4) is 0 Å². The Balaban J connectivity index is 1.95. The maximum absolute atomic E-state index is 12.8. The van der Waals surface area contributed by atoms with Crippen molar-refractivity contribution in [1.82, 2.24) is 4.98 Å². The number of amides is 1. The Morgan fingerprint density at radius 2 is 1.67 bits per heavy atom. The molecule has 3 aromatic rings. The van der Waals surface area contributed by atoms with Crippen molar-refractivity contribution in [2.45, 2.75) is 32.6 Å². The number of nitrogens with zero attached hydrogens (tertiary/aromatic N) is 3. The number of nitro benzene ring substituents is 2. The van der Waals surface area contributed by atoms with E-state index in [0.29, 0.717) is 16.5 Å². The van der Waals surface area contributed by atoms with Gasteiger partial charge in [-0.05, 0) is 17.7 Å². The first kappa shape index (κ1) is 24.6. The molecule has 1 amide bonds. The van der Waals surface area contributed by atoms with Crippen LogP contribution in [-0.2, 0) is 11.8 Å². The molecule has 0 atom stereocenters. The number of carbonyl (C=O) groups excluding carboxylic acids is 1. The Labute approximate surface area is 202 Å². The molecule has 12 heteroatoms. The van der Waals surface area contributed by atoms with Crippen molar-refractivity contribution < 1.29 is 14.6 Å². The molecule has 9 nitrogen and oxygen atoms in total. The molecule has 0 bridgehead atoms. The largest absolute Gasteiger partial charge is 0.298 e. The maximum atomic E-state index is 12.8. The molecule has 33 heavy (non-hydrogen) atoms. The molecule has 0 radical (unpaired) electrons. The number of nitro groups is 2. The summed E-state index contributed by atoms with van der Waals surface area (Å²) in [5, 5.41) is 26.1. The minimum atomic E-state index is -0.793. The van der Waals surface area contributed by atoms with Crippen LogP contribution in [0.5, 0.6) is 0 Å². The van der Waals surface area contributed by atoms with Crippen LogP contribution in [0.3, 0.4) is 0 Å². The molecule has 172 valence electrons. The van der Waals surface area contributed by atoms with Crippen molar-refractivity contribution in [1.29, 1.82) is 0 Å². The van der Waals surface area contributed by atoms with Crippen LogP contribution in [0.25, 0.3) is 0 Å². The van der Waals surface area contributed by atoms with Gasteiger partial charge in [0, 0.05) is 38.9 Å². The average Bonchev–Trinajstić information content (AvgIpc) is 3.12. The summed E-state index contributed by atoms with van der Waals surface area (Å²) in [6.45, 7) is 5.93. The summed E-state index contributed by atoms with van der Waals surface area (Å²) in [6, 6.07) is 7.96. The van der Waals surface area contributed by atoms with Crippen LogP contribution in [0, 0.1) is 20.2 Å². The van der Waals surface area contributed by atoms with Gasteiger partial charge >= 0.3 is 0 Å². The summed E-state index contributed by atoms with van der Waals surface area (Å²) in [7, 11) is 0. The van der Waals surface area contributed by atoms with Gasteiger partial charge in [-0.25, -0.2) is 4.98 Å². The van der Waals surface area contributed by atoms with Gasteiger partial charge in [0.2, 0.25) is 0 Å². The Morgan fingerprint density at radius 1 is 1.06 bits per heavy atom. The van der Waals surface area contributed by atoms with Crippen molar-refractivity contribution >= 4 is 57.0 Å². The van der Waals surface area contributed by atoms with E-state index < -0.39 is 27.1 Å². The lowest BCUT2D eigenvalue weighted by atomic mass is 9.90. The molecule has 1 heterocycles. The predicted octanol–water partition coefficient (Wildman–Crippen LogP) is 6.41. The van der Waals surface area contributed by atoms with Crippen LogP contribution in [0.4, 0.5) is 16.5 Å². The quantitative estimate of drug-likeness (QED) is 0.302. The van der Waals surface area contributed by atoms with Crippen LogP contribution < -0.4 is 5.32 Å². The Bertz CT molecular complexity index is 1240. The fraction of sp³-hybridized carbons (Fsp3) is 0.238. The third-order valence-electron chi connectivity index (χ3n) is 4.58. The summed E-state index contributed by atoms with van der Waals surface area (Å²) in [4.78, 5) is 38.8. The van der Waals surface area contributed by atoms with E-state index >= 15 is 0 Å². The zero-order chi connectivity index (χ0) is 24.5. The van der Waals surface area contributed by atoms with Crippen molar-refractivity contribution in [2.24, 2.45) is 0 Å². The van der Waals surface area contributed by atoms with E-state index in [0.717, 1.165) is 34.3 Å². The third-order valence-corrected chi connectivity index (χ3v) is 6.14. The van der Waals surface area contributed by atoms with Gasteiger partial charge in [0.15, 0.2) is 5.13 Å². The van der Waals surface area contributed by atoms with Gasteiger partial charge in [0.05, 0.1) is 27.2 Å². The van der Waals surface area contributed by atoms with Crippen molar-refractivity contribution in [2.75, 3.05) is 5.32 Å². The highest BCUT2D eigenvalue weighted by Gasteiger charge is 2.26. The molecule has 1 aromatic heterocycles. The fourth-order valence-electron chi connectivity index (χ4n) is 3.06. The average molecular weight is 509 g/mol. The highest BCUT2D eigenvalue weighted by molar-refractivity contribution is 7.16. The molecule has 0 aliphatic carbocycles. The van der Waals surface area contributed by atoms with Crippen LogP contribution in [0.2, 0.25) is 10.0 Å². The first-order valence-electron chi connectivity index (χ1n) is 9.54. The number of nitrogens with one attached hydrogen (secondary N) is 1. The number of carbonyl (C=O) groups is 1.